The van der Waals surface area contributed by atoms with Crippen LogP contribution in [0.25, 0.3) is 33.2 Å². The van der Waals surface area contributed by atoms with Crippen molar-refractivity contribution >= 4 is 17.2 Å². The lowest BCUT2D eigenvalue weighted by Crippen LogP contribution is -2.13. The van der Waals surface area contributed by atoms with Crippen LogP contribution in [0.1, 0.15) is 20.9 Å². The number of rotatable bonds is 6. The summed E-state index contributed by atoms with van der Waals surface area (Å²) in [6.07, 6.45) is -1.65. The van der Waals surface area contributed by atoms with E-state index in [1.807, 2.05) is 0 Å². The summed E-state index contributed by atoms with van der Waals surface area (Å²) in [4.78, 5) is 20.8. The highest BCUT2D eigenvalue weighted by atomic mass is 32.1. The first-order valence-electron chi connectivity index (χ1n) is 10.6. The zero-order valence-corrected chi connectivity index (χ0v) is 19.8. The molecule has 3 heterocycles. The summed E-state index contributed by atoms with van der Waals surface area (Å²) >= 11 is 0.986. The Morgan fingerprint density at radius 1 is 1.11 bits per heavy atom. The monoisotopic (exact) mass is 528 g/mol. The van der Waals surface area contributed by atoms with E-state index < -0.39 is 23.5 Å². The second-order valence-electron chi connectivity index (χ2n) is 7.87. The molecule has 2 N–H and O–H groups in total. The minimum atomic E-state index is -4.61. The van der Waals surface area contributed by atoms with Gasteiger partial charge in [-0.3, -0.25) is 4.79 Å². The Labute approximate surface area is 210 Å². The molecule has 2 aliphatic rings. The van der Waals surface area contributed by atoms with E-state index in [-0.39, 0.29) is 51.1 Å². The minimum absolute atomic E-state index is 0.00960. The Bertz CT molecular complexity index is 1600. The molecule has 37 heavy (non-hydrogen) atoms. The molecule has 0 fully saturated rings. The van der Waals surface area contributed by atoms with Gasteiger partial charge in [0.2, 0.25) is 0 Å². The second kappa shape index (κ2) is 9.24. The molecule has 188 valence electrons. The van der Waals surface area contributed by atoms with Crippen molar-refractivity contribution < 1.29 is 27.1 Å². The number of halogens is 4. The van der Waals surface area contributed by atoms with E-state index in [9.17, 15) is 22.4 Å². The molecule has 0 bridgehead atoms. The van der Waals surface area contributed by atoms with Gasteiger partial charge in [0.25, 0.3) is 5.91 Å². The van der Waals surface area contributed by atoms with Crippen molar-refractivity contribution in [3.63, 3.8) is 0 Å². The number of hydrogen-bond donors (Lipinski definition) is 1. The van der Waals surface area contributed by atoms with Crippen LogP contribution in [-0.2, 0) is 12.7 Å². The third-order valence-corrected chi connectivity index (χ3v) is 6.44. The van der Waals surface area contributed by atoms with Gasteiger partial charge in [-0.1, -0.05) is 23.5 Å². The Hall–Kier alpha value is -4.39. The Morgan fingerprint density at radius 2 is 1.89 bits per heavy atom. The first-order chi connectivity index (χ1) is 17.7. The number of methoxy groups -OCH3 is 1. The molecule has 0 radical (unpaired) electrons. The summed E-state index contributed by atoms with van der Waals surface area (Å²) in [7, 11) is 1.29. The zero-order valence-electron chi connectivity index (χ0n) is 19.0. The number of nitrogens with zero attached hydrogens (tertiary/aromatic N) is 5. The molecule has 1 aromatic heterocycles. The number of fused-ring (bicyclic) bond motifs is 1. The lowest BCUT2D eigenvalue weighted by atomic mass is 10.1. The van der Waals surface area contributed by atoms with Gasteiger partial charge in [0.05, 0.1) is 36.8 Å². The van der Waals surface area contributed by atoms with E-state index in [0.717, 1.165) is 17.4 Å². The number of alkyl halides is 3. The van der Waals surface area contributed by atoms with E-state index in [4.69, 9.17) is 10.5 Å². The maximum atomic E-state index is 14.4. The molecule has 1 amide bonds. The van der Waals surface area contributed by atoms with Crippen LogP contribution in [0.3, 0.4) is 0 Å². The molecular formula is C24H16F4N6O2S. The van der Waals surface area contributed by atoms with Gasteiger partial charge in [0.1, 0.15) is 33.0 Å². The topological polar surface area (TPSA) is 109 Å². The van der Waals surface area contributed by atoms with Gasteiger partial charge >= 0.3 is 6.18 Å². The number of ether oxygens (including phenoxy) is 1. The molecule has 2 aliphatic heterocycles. The van der Waals surface area contributed by atoms with Crippen molar-refractivity contribution in [3.05, 3.63) is 76.9 Å². The summed E-state index contributed by atoms with van der Waals surface area (Å²) in [5, 5.41) is 8.45. The van der Waals surface area contributed by atoms with Crippen LogP contribution in [0, 0.1) is 5.82 Å². The molecule has 3 aromatic rings. The summed E-state index contributed by atoms with van der Waals surface area (Å²) in [6.45, 7) is 0.117. The van der Waals surface area contributed by atoms with Crippen molar-refractivity contribution in [2.24, 2.45) is 5.73 Å². The fourth-order valence-electron chi connectivity index (χ4n) is 3.83. The van der Waals surface area contributed by atoms with Crippen molar-refractivity contribution in [1.29, 1.82) is 0 Å². The molecule has 0 saturated carbocycles. The van der Waals surface area contributed by atoms with Crippen LogP contribution in [0.2, 0.25) is 0 Å². The number of hydrogen-bond acceptors (Lipinski definition) is 7. The molecule has 13 heteroatoms. The van der Waals surface area contributed by atoms with Crippen molar-refractivity contribution in [3.8, 4) is 39.0 Å². The number of benzene rings is 2. The third-order valence-electron chi connectivity index (χ3n) is 5.49. The summed E-state index contributed by atoms with van der Waals surface area (Å²) < 4.78 is 61.7. The van der Waals surface area contributed by atoms with Crippen LogP contribution in [0.15, 0.2) is 55.0 Å². The molecule has 5 rings (SSSR count). The van der Waals surface area contributed by atoms with E-state index in [2.05, 4.69) is 20.2 Å². The van der Waals surface area contributed by atoms with Gasteiger partial charge in [-0.15, -0.1) is 10.2 Å². The fourth-order valence-corrected chi connectivity index (χ4v) is 4.72. The van der Waals surface area contributed by atoms with Crippen molar-refractivity contribution in [2.75, 3.05) is 7.11 Å². The molecular weight excluding hydrogens is 512 g/mol. The van der Waals surface area contributed by atoms with Gasteiger partial charge in [-0.25, -0.2) is 14.4 Å². The second-order valence-corrected chi connectivity index (χ2v) is 8.93. The smallest absolute Gasteiger partial charge is 0.417 e. The van der Waals surface area contributed by atoms with E-state index in [0.29, 0.717) is 5.01 Å². The average molecular weight is 528 g/mol. The summed E-state index contributed by atoms with van der Waals surface area (Å²) in [6, 6.07) is 9.46. The van der Waals surface area contributed by atoms with Gasteiger partial charge < -0.3 is 15.0 Å². The maximum Gasteiger partial charge on any atom is 0.417 e. The molecule has 8 nitrogen and oxygen atoms in total. The lowest BCUT2D eigenvalue weighted by molar-refractivity contribution is -0.137. The summed E-state index contributed by atoms with van der Waals surface area (Å²) in [5.41, 5.74) is 5.20. The largest absolute Gasteiger partial charge is 0.497 e. The van der Waals surface area contributed by atoms with Gasteiger partial charge in [0, 0.05) is 17.3 Å². The number of carbonyl (C=O) groups is 1. The van der Waals surface area contributed by atoms with E-state index >= 15 is 0 Å². The Kier molecular flexibility index (Phi) is 6.07. The number of nitrogens with two attached hydrogens (primary N) is 1. The van der Waals surface area contributed by atoms with Gasteiger partial charge in [0.15, 0.2) is 0 Å². The molecule has 0 unspecified atom stereocenters. The first-order valence-corrected chi connectivity index (χ1v) is 11.5. The standard InChI is InChI=1S/C24H16F4N6O2S/c1-36-12-6-7-13(15(8-12)24(26,27)28)23-33-32-18(37-23)10-34-9-17-21(30-11-34)19(22(29)35)20(31-17)14-4-2-3-5-16(14)25/h2-9,11H,10H2,1H3,(H2,29,35). The maximum absolute atomic E-state index is 14.4. The third kappa shape index (κ3) is 4.60. The van der Waals surface area contributed by atoms with Gasteiger partial charge in [-0.2, -0.15) is 13.2 Å². The molecule has 0 aliphatic carbocycles. The van der Waals surface area contributed by atoms with Crippen LogP contribution in [0.4, 0.5) is 17.6 Å². The highest BCUT2D eigenvalue weighted by Gasteiger charge is 2.35. The zero-order chi connectivity index (χ0) is 26.3. The quantitative estimate of drug-likeness (QED) is 0.315. The van der Waals surface area contributed by atoms with Crippen molar-refractivity contribution in [1.82, 2.24) is 24.7 Å². The molecule has 0 spiro atoms. The Morgan fingerprint density at radius 3 is 2.59 bits per heavy atom. The Balaban J connectivity index is 1.49. The molecule has 2 aromatic carbocycles. The number of carbonyl (C=O) groups excluding carboxylic acids is 1. The van der Waals surface area contributed by atoms with Crippen molar-refractivity contribution in [2.45, 2.75) is 12.7 Å². The van der Waals surface area contributed by atoms with Crippen LogP contribution in [0.5, 0.6) is 5.75 Å². The highest BCUT2D eigenvalue weighted by molar-refractivity contribution is 7.14. The molecule has 0 atom stereocenters. The number of aromatic nitrogens is 5. The average Bonchev–Trinajstić information content (AvgIpc) is 3.48. The van der Waals surface area contributed by atoms with Crippen LogP contribution in [-0.4, -0.2) is 37.7 Å². The predicted molar refractivity (Wildman–Crippen MR) is 127 cm³/mol. The minimum Gasteiger partial charge on any atom is -0.497 e. The SMILES string of the molecule is COc1ccc(-c2nnc(Cn3cnc4c(C(N)=O)c(-c5ccccc5F)nc-4c3)s2)c(C(F)(F)F)c1. The highest BCUT2D eigenvalue weighted by Crippen LogP contribution is 2.40. The lowest BCUT2D eigenvalue weighted by Gasteiger charge is -2.12. The predicted octanol–water partition coefficient (Wildman–Crippen LogP) is 4.88. The van der Waals surface area contributed by atoms with Crippen LogP contribution < -0.4 is 10.5 Å². The number of primary amides is 1. The number of amides is 1. The van der Waals surface area contributed by atoms with Crippen LogP contribution >= 0.6 is 11.3 Å². The fraction of sp³-hybridized carbons (Fsp3) is 0.125. The van der Waals surface area contributed by atoms with E-state index in [1.165, 1.54) is 43.8 Å². The first kappa shape index (κ1) is 24.3. The van der Waals surface area contributed by atoms with E-state index in [1.54, 1.807) is 16.8 Å². The normalized spacial score (nSPS) is 11.7. The van der Waals surface area contributed by atoms with Gasteiger partial charge in [-0.05, 0) is 30.3 Å². The summed E-state index contributed by atoms with van der Waals surface area (Å²) in [5.74, 6) is -1.30. The molecule has 0 saturated heterocycles.